The van der Waals surface area contributed by atoms with Gasteiger partial charge in [0.05, 0.1) is 30.2 Å². The van der Waals surface area contributed by atoms with Gasteiger partial charge in [0.2, 0.25) is 5.91 Å². The van der Waals surface area contributed by atoms with E-state index in [4.69, 9.17) is 0 Å². The first-order valence-corrected chi connectivity index (χ1v) is 9.50. The molecule has 1 saturated heterocycles. The summed E-state index contributed by atoms with van der Waals surface area (Å²) < 4.78 is 2.05. The molecule has 4 heterocycles. The molecule has 3 aliphatic rings. The summed E-state index contributed by atoms with van der Waals surface area (Å²) in [6, 6.07) is 2.08. The predicted octanol–water partition coefficient (Wildman–Crippen LogP) is 1.53. The Bertz CT molecular complexity index is 876. The standard InChI is InChI=1S/C19H22N6O2/c26-17-9-22-18-16(25(17)10-13-1-2-13)7-14(8-21-18)19(27)23-5-3-15(11-23)24-6-4-20-12-24/h4,6-8,12-13,15H,1-3,5,9-11H2,(H,21,22). The van der Waals surface area contributed by atoms with Crippen molar-refractivity contribution < 1.29 is 9.59 Å². The van der Waals surface area contributed by atoms with E-state index in [9.17, 15) is 9.59 Å². The molecule has 8 heteroatoms. The Labute approximate surface area is 157 Å². The van der Waals surface area contributed by atoms with E-state index >= 15 is 0 Å². The van der Waals surface area contributed by atoms with Crippen LogP contribution in [0.25, 0.3) is 0 Å². The molecule has 1 N–H and O–H groups in total. The van der Waals surface area contributed by atoms with Gasteiger partial charge in [0.1, 0.15) is 5.82 Å². The molecule has 2 aromatic rings. The van der Waals surface area contributed by atoms with Crippen molar-refractivity contribution in [2.24, 2.45) is 5.92 Å². The molecule has 5 rings (SSSR count). The molecule has 1 unspecified atom stereocenters. The number of fused-ring (bicyclic) bond motifs is 1. The van der Waals surface area contributed by atoms with Gasteiger partial charge in [-0.05, 0) is 31.2 Å². The van der Waals surface area contributed by atoms with Gasteiger partial charge in [-0.2, -0.15) is 0 Å². The molecule has 2 aliphatic heterocycles. The van der Waals surface area contributed by atoms with Crippen LogP contribution in [-0.4, -0.2) is 57.4 Å². The quantitative estimate of drug-likeness (QED) is 0.887. The Morgan fingerprint density at radius 2 is 2.19 bits per heavy atom. The summed E-state index contributed by atoms with van der Waals surface area (Å²) in [4.78, 5) is 37.5. The number of anilines is 2. The predicted molar refractivity (Wildman–Crippen MR) is 99.6 cm³/mol. The minimum atomic E-state index is -0.0303. The average molecular weight is 366 g/mol. The molecule has 0 spiro atoms. The largest absolute Gasteiger partial charge is 0.359 e. The molecule has 0 bridgehead atoms. The zero-order chi connectivity index (χ0) is 18.4. The van der Waals surface area contributed by atoms with Crippen molar-refractivity contribution in [1.29, 1.82) is 0 Å². The second kappa shape index (κ2) is 6.37. The van der Waals surface area contributed by atoms with E-state index in [1.54, 1.807) is 23.6 Å². The molecule has 2 amide bonds. The number of nitrogens with zero attached hydrogens (tertiary/aromatic N) is 5. The fourth-order valence-electron chi connectivity index (χ4n) is 3.90. The van der Waals surface area contributed by atoms with E-state index in [0.29, 0.717) is 30.4 Å². The van der Waals surface area contributed by atoms with Crippen LogP contribution in [0.5, 0.6) is 0 Å². The van der Waals surface area contributed by atoms with Gasteiger partial charge in [-0.1, -0.05) is 0 Å². The van der Waals surface area contributed by atoms with Crippen molar-refractivity contribution in [2.75, 3.05) is 36.4 Å². The monoisotopic (exact) mass is 366 g/mol. The average Bonchev–Trinajstić information content (AvgIpc) is 3.13. The topological polar surface area (TPSA) is 83.4 Å². The van der Waals surface area contributed by atoms with Crippen LogP contribution < -0.4 is 10.2 Å². The minimum Gasteiger partial charge on any atom is -0.359 e. The van der Waals surface area contributed by atoms with Crippen LogP contribution in [0.3, 0.4) is 0 Å². The maximum Gasteiger partial charge on any atom is 0.255 e. The lowest BCUT2D eigenvalue weighted by Gasteiger charge is -2.30. The van der Waals surface area contributed by atoms with E-state index in [1.165, 1.54) is 12.8 Å². The lowest BCUT2D eigenvalue weighted by Crippen LogP contribution is -2.41. The van der Waals surface area contributed by atoms with Crippen molar-refractivity contribution in [3.63, 3.8) is 0 Å². The number of hydrogen-bond donors (Lipinski definition) is 1. The van der Waals surface area contributed by atoms with E-state index < -0.39 is 0 Å². The molecule has 0 radical (unpaired) electrons. The van der Waals surface area contributed by atoms with Crippen molar-refractivity contribution in [3.05, 3.63) is 36.5 Å². The number of nitrogens with one attached hydrogen (secondary N) is 1. The van der Waals surface area contributed by atoms with Crippen LogP contribution in [0, 0.1) is 5.92 Å². The summed E-state index contributed by atoms with van der Waals surface area (Å²) in [5.41, 5.74) is 1.27. The summed E-state index contributed by atoms with van der Waals surface area (Å²) in [7, 11) is 0. The fraction of sp³-hybridized carbons (Fsp3) is 0.474. The van der Waals surface area contributed by atoms with E-state index in [-0.39, 0.29) is 24.4 Å². The van der Waals surface area contributed by atoms with Crippen LogP contribution >= 0.6 is 0 Å². The highest BCUT2D eigenvalue weighted by Crippen LogP contribution is 2.35. The zero-order valence-corrected chi connectivity index (χ0v) is 15.0. The number of aromatic nitrogens is 3. The summed E-state index contributed by atoms with van der Waals surface area (Å²) >= 11 is 0. The highest BCUT2D eigenvalue weighted by atomic mass is 16.2. The second-order valence-electron chi connectivity index (χ2n) is 7.60. The maximum atomic E-state index is 13.0. The Kier molecular flexibility index (Phi) is 3.84. The third-order valence-corrected chi connectivity index (χ3v) is 5.65. The lowest BCUT2D eigenvalue weighted by atomic mass is 10.1. The van der Waals surface area contributed by atoms with Gasteiger partial charge >= 0.3 is 0 Å². The number of carbonyl (C=O) groups is 2. The van der Waals surface area contributed by atoms with Crippen LogP contribution in [0.2, 0.25) is 0 Å². The van der Waals surface area contributed by atoms with Gasteiger partial charge < -0.3 is 19.7 Å². The number of amides is 2. The molecule has 2 fully saturated rings. The fourth-order valence-corrected chi connectivity index (χ4v) is 3.90. The molecule has 1 saturated carbocycles. The van der Waals surface area contributed by atoms with Crippen molar-refractivity contribution >= 4 is 23.3 Å². The van der Waals surface area contributed by atoms with Gasteiger partial charge in [0.25, 0.3) is 5.91 Å². The molecule has 1 atom stereocenters. The number of carbonyl (C=O) groups excluding carboxylic acids is 2. The summed E-state index contributed by atoms with van der Waals surface area (Å²) in [6.07, 6.45) is 10.4. The SMILES string of the molecule is O=C(c1cnc2c(c1)N(CC1CC1)C(=O)CN2)N1CCC(n2ccnc2)C1. The lowest BCUT2D eigenvalue weighted by molar-refractivity contribution is -0.117. The number of rotatable bonds is 4. The normalized spacial score (nSPS) is 21.9. The molecule has 2 aromatic heterocycles. The van der Waals surface area contributed by atoms with Gasteiger partial charge in [-0.15, -0.1) is 0 Å². The molecule has 0 aromatic carbocycles. The molecule has 1 aliphatic carbocycles. The number of hydrogen-bond acceptors (Lipinski definition) is 5. The Hall–Kier alpha value is -2.90. The van der Waals surface area contributed by atoms with Crippen molar-refractivity contribution in [3.8, 4) is 0 Å². The Morgan fingerprint density at radius 1 is 1.30 bits per heavy atom. The summed E-state index contributed by atoms with van der Waals surface area (Å²) in [6.45, 7) is 2.36. The van der Waals surface area contributed by atoms with Gasteiger partial charge in [-0.3, -0.25) is 9.59 Å². The molecule has 27 heavy (non-hydrogen) atoms. The van der Waals surface area contributed by atoms with Gasteiger partial charge in [0, 0.05) is 38.2 Å². The van der Waals surface area contributed by atoms with Crippen molar-refractivity contribution in [2.45, 2.75) is 25.3 Å². The maximum absolute atomic E-state index is 13.0. The number of likely N-dealkylation sites (tertiary alicyclic amines) is 1. The molecular formula is C19H22N6O2. The first kappa shape index (κ1) is 16.3. The van der Waals surface area contributed by atoms with Crippen molar-refractivity contribution in [1.82, 2.24) is 19.4 Å². The van der Waals surface area contributed by atoms with E-state index in [1.807, 2.05) is 17.2 Å². The molecular weight excluding hydrogens is 344 g/mol. The van der Waals surface area contributed by atoms with Gasteiger partial charge in [-0.25, -0.2) is 9.97 Å². The summed E-state index contributed by atoms with van der Waals surface area (Å²) in [5.74, 6) is 1.28. The molecule has 140 valence electrons. The summed E-state index contributed by atoms with van der Waals surface area (Å²) in [5, 5.41) is 3.06. The van der Waals surface area contributed by atoms with Crippen LogP contribution in [0.15, 0.2) is 31.0 Å². The smallest absolute Gasteiger partial charge is 0.255 e. The van der Waals surface area contributed by atoms with Crippen LogP contribution in [0.1, 0.15) is 35.7 Å². The number of imidazole rings is 1. The third-order valence-electron chi connectivity index (χ3n) is 5.65. The Balaban J connectivity index is 1.37. The third kappa shape index (κ3) is 3.05. The van der Waals surface area contributed by atoms with Gasteiger partial charge in [0.15, 0.2) is 0 Å². The first-order valence-electron chi connectivity index (χ1n) is 9.50. The van der Waals surface area contributed by atoms with Crippen LogP contribution in [0.4, 0.5) is 11.5 Å². The second-order valence-corrected chi connectivity index (χ2v) is 7.60. The van der Waals surface area contributed by atoms with E-state index in [2.05, 4.69) is 19.9 Å². The van der Waals surface area contributed by atoms with E-state index in [0.717, 1.165) is 18.7 Å². The highest BCUT2D eigenvalue weighted by molar-refractivity contribution is 6.04. The zero-order valence-electron chi connectivity index (χ0n) is 15.0. The number of pyridine rings is 1. The highest BCUT2D eigenvalue weighted by Gasteiger charge is 2.33. The molecule has 8 nitrogen and oxygen atoms in total. The first-order chi connectivity index (χ1) is 13.2. The minimum absolute atomic E-state index is 0.0303. The van der Waals surface area contributed by atoms with Crippen LogP contribution in [-0.2, 0) is 4.79 Å². The Morgan fingerprint density at radius 3 is 2.96 bits per heavy atom.